The molecular weight excluding hydrogens is 357 g/mol. The van der Waals surface area contributed by atoms with Gasteiger partial charge in [-0.1, -0.05) is 24.3 Å². The Morgan fingerprint density at radius 2 is 1.82 bits per heavy atom. The van der Waals surface area contributed by atoms with Crippen LogP contribution in [0.2, 0.25) is 0 Å². The van der Waals surface area contributed by atoms with E-state index in [2.05, 4.69) is 22.3 Å². The quantitative estimate of drug-likeness (QED) is 0.856. The van der Waals surface area contributed by atoms with Crippen LogP contribution in [0.15, 0.2) is 42.5 Å². The van der Waals surface area contributed by atoms with Crippen molar-refractivity contribution >= 4 is 6.03 Å². The van der Waals surface area contributed by atoms with E-state index in [0.717, 1.165) is 43.9 Å². The van der Waals surface area contributed by atoms with Crippen LogP contribution in [0.4, 0.5) is 9.18 Å². The zero-order chi connectivity index (χ0) is 19.9. The Balaban J connectivity index is 1.48. The first-order valence-corrected chi connectivity index (χ1v) is 9.68. The summed E-state index contributed by atoms with van der Waals surface area (Å²) >= 11 is 0. The summed E-state index contributed by atoms with van der Waals surface area (Å²) in [6.45, 7) is 6.13. The van der Waals surface area contributed by atoms with E-state index in [9.17, 15) is 9.18 Å². The molecule has 1 N–H and O–H groups in total. The first kappa shape index (κ1) is 20.1. The minimum atomic E-state index is -0.240. The second kappa shape index (κ2) is 9.55. The van der Waals surface area contributed by atoms with Gasteiger partial charge in [-0.25, -0.2) is 9.18 Å². The molecular formula is C22H28FN3O2. The fourth-order valence-electron chi connectivity index (χ4n) is 3.36. The molecule has 6 heteroatoms. The Hall–Kier alpha value is -2.60. The molecule has 0 spiro atoms. The number of aryl methyl sites for hydroxylation is 1. The number of amides is 2. The summed E-state index contributed by atoms with van der Waals surface area (Å²) in [5, 5.41) is 2.91. The van der Waals surface area contributed by atoms with Crippen LogP contribution in [0.1, 0.15) is 23.1 Å². The van der Waals surface area contributed by atoms with Gasteiger partial charge in [0.25, 0.3) is 0 Å². The number of carbonyl (C=O) groups is 1. The SMILES string of the molecule is COc1ccc(CN2CCCN(C(=O)NCc3ccc(C)c(F)c3)CC2)cc1. The molecule has 0 aromatic heterocycles. The van der Waals surface area contributed by atoms with Crippen molar-refractivity contribution < 1.29 is 13.9 Å². The van der Waals surface area contributed by atoms with E-state index in [1.165, 1.54) is 11.6 Å². The Morgan fingerprint density at radius 1 is 1.07 bits per heavy atom. The third-order valence-electron chi connectivity index (χ3n) is 5.12. The summed E-state index contributed by atoms with van der Waals surface area (Å²) in [6.07, 6.45) is 0.933. The van der Waals surface area contributed by atoms with Crippen molar-refractivity contribution in [2.45, 2.75) is 26.4 Å². The van der Waals surface area contributed by atoms with E-state index in [0.29, 0.717) is 18.7 Å². The molecule has 1 aliphatic heterocycles. The molecule has 3 rings (SSSR count). The lowest BCUT2D eigenvalue weighted by atomic mass is 10.1. The van der Waals surface area contributed by atoms with Gasteiger partial charge in [0.15, 0.2) is 0 Å². The van der Waals surface area contributed by atoms with Gasteiger partial charge in [0.05, 0.1) is 7.11 Å². The number of urea groups is 1. The smallest absolute Gasteiger partial charge is 0.317 e. The van der Waals surface area contributed by atoms with Gasteiger partial charge in [-0.2, -0.15) is 0 Å². The lowest BCUT2D eigenvalue weighted by molar-refractivity contribution is 0.197. The van der Waals surface area contributed by atoms with Crippen molar-refractivity contribution in [3.05, 3.63) is 65.0 Å². The first-order valence-electron chi connectivity index (χ1n) is 9.68. The molecule has 0 saturated carbocycles. The summed E-state index contributed by atoms with van der Waals surface area (Å²) in [4.78, 5) is 16.7. The average molecular weight is 385 g/mol. The van der Waals surface area contributed by atoms with E-state index in [1.54, 1.807) is 20.1 Å². The number of nitrogens with zero attached hydrogens (tertiary/aromatic N) is 2. The molecule has 1 heterocycles. The predicted octanol–water partition coefficient (Wildman–Crippen LogP) is 3.56. The summed E-state index contributed by atoms with van der Waals surface area (Å²) in [6, 6.07) is 13.1. The van der Waals surface area contributed by atoms with E-state index in [1.807, 2.05) is 23.1 Å². The third kappa shape index (κ3) is 5.45. The molecule has 1 saturated heterocycles. The molecule has 1 aliphatic rings. The zero-order valence-corrected chi connectivity index (χ0v) is 16.6. The van der Waals surface area contributed by atoms with Gasteiger partial charge in [0.1, 0.15) is 11.6 Å². The number of rotatable bonds is 5. The number of hydrogen-bond acceptors (Lipinski definition) is 3. The molecule has 5 nitrogen and oxygen atoms in total. The highest BCUT2D eigenvalue weighted by molar-refractivity contribution is 5.74. The summed E-state index contributed by atoms with van der Waals surface area (Å²) < 4.78 is 18.8. The highest BCUT2D eigenvalue weighted by atomic mass is 19.1. The number of nitrogens with one attached hydrogen (secondary N) is 1. The Bertz CT molecular complexity index is 795. The standard InChI is InChI=1S/C22H28FN3O2/c1-17-4-5-19(14-21(17)23)15-24-22(27)26-11-3-10-25(12-13-26)16-18-6-8-20(28-2)9-7-18/h4-9,14H,3,10-13,15-16H2,1-2H3,(H,24,27). The Morgan fingerprint density at radius 3 is 2.54 bits per heavy atom. The summed E-state index contributed by atoms with van der Waals surface area (Å²) in [5.41, 5.74) is 2.62. The molecule has 28 heavy (non-hydrogen) atoms. The maximum absolute atomic E-state index is 13.6. The summed E-state index contributed by atoms with van der Waals surface area (Å²) in [5.74, 6) is 0.617. The molecule has 2 aromatic rings. The van der Waals surface area contributed by atoms with Crippen LogP contribution in [0.3, 0.4) is 0 Å². The van der Waals surface area contributed by atoms with E-state index >= 15 is 0 Å². The molecule has 0 atom stereocenters. The van der Waals surface area contributed by atoms with Gasteiger partial charge < -0.3 is 15.0 Å². The van der Waals surface area contributed by atoms with Gasteiger partial charge in [-0.3, -0.25) is 4.90 Å². The van der Waals surface area contributed by atoms with Crippen molar-refractivity contribution in [3.8, 4) is 5.75 Å². The third-order valence-corrected chi connectivity index (χ3v) is 5.12. The largest absolute Gasteiger partial charge is 0.497 e. The second-order valence-corrected chi connectivity index (χ2v) is 7.21. The molecule has 150 valence electrons. The number of benzene rings is 2. The van der Waals surface area contributed by atoms with Crippen LogP contribution in [-0.2, 0) is 13.1 Å². The predicted molar refractivity (Wildman–Crippen MR) is 108 cm³/mol. The van der Waals surface area contributed by atoms with E-state index < -0.39 is 0 Å². The second-order valence-electron chi connectivity index (χ2n) is 7.21. The number of methoxy groups -OCH3 is 1. The number of ether oxygens (including phenoxy) is 1. The van der Waals surface area contributed by atoms with E-state index in [-0.39, 0.29) is 11.8 Å². The van der Waals surface area contributed by atoms with Gasteiger partial charge >= 0.3 is 6.03 Å². The van der Waals surface area contributed by atoms with Gasteiger partial charge in [0.2, 0.25) is 0 Å². The summed E-state index contributed by atoms with van der Waals surface area (Å²) in [7, 11) is 1.67. The number of carbonyl (C=O) groups excluding carboxylic acids is 1. The van der Waals surface area contributed by atoms with Crippen molar-refractivity contribution in [3.63, 3.8) is 0 Å². The molecule has 0 aliphatic carbocycles. The maximum Gasteiger partial charge on any atom is 0.317 e. The molecule has 0 radical (unpaired) electrons. The first-order chi connectivity index (χ1) is 13.5. The normalized spacial score (nSPS) is 15.2. The monoisotopic (exact) mass is 385 g/mol. The van der Waals surface area contributed by atoms with Gasteiger partial charge in [-0.05, 0) is 48.2 Å². The van der Waals surface area contributed by atoms with Gasteiger partial charge in [-0.15, -0.1) is 0 Å². The molecule has 2 amide bonds. The number of hydrogen-bond donors (Lipinski definition) is 1. The highest BCUT2D eigenvalue weighted by Crippen LogP contribution is 2.14. The lowest BCUT2D eigenvalue weighted by Gasteiger charge is -2.22. The minimum absolute atomic E-state index is 0.0905. The van der Waals surface area contributed by atoms with Crippen LogP contribution < -0.4 is 10.1 Å². The van der Waals surface area contributed by atoms with Crippen LogP contribution in [0.25, 0.3) is 0 Å². The van der Waals surface area contributed by atoms with Crippen molar-refractivity contribution in [2.75, 3.05) is 33.3 Å². The maximum atomic E-state index is 13.6. The van der Waals surface area contributed by atoms with Crippen LogP contribution in [0, 0.1) is 12.7 Å². The van der Waals surface area contributed by atoms with Gasteiger partial charge in [0, 0.05) is 39.3 Å². The van der Waals surface area contributed by atoms with Crippen LogP contribution in [0.5, 0.6) is 5.75 Å². The Kier molecular flexibility index (Phi) is 6.87. The molecule has 0 unspecified atom stereocenters. The minimum Gasteiger partial charge on any atom is -0.497 e. The number of halogens is 1. The van der Waals surface area contributed by atoms with Crippen molar-refractivity contribution in [2.24, 2.45) is 0 Å². The molecule has 0 bridgehead atoms. The molecule has 2 aromatic carbocycles. The van der Waals surface area contributed by atoms with Crippen molar-refractivity contribution in [1.82, 2.24) is 15.1 Å². The fourth-order valence-corrected chi connectivity index (χ4v) is 3.36. The average Bonchev–Trinajstić information content (AvgIpc) is 2.95. The lowest BCUT2D eigenvalue weighted by Crippen LogP contribution is -2.41. The molecule has 1 fully saturated rings. The van der Waals surface area contributed by atoms with Crippen LogP contribution in [-0.4, -0.2) is 49.1 Å². The van der Waals surface area contributed by atoms with Crippen LogP contribution >= 0.6 is 0 Å². The van der Waals surface area contributed by atoms with Crippen molar-refractivity contribution in [1.29, 1.82) is 0 Å². The Labute approximate surface area is 166 Å². The topological polar surface area (TPSA) is 44.8 Å². The zero-order valence-electron chi connectivity index (χ0n) is 16.6. The highest BCUT2D eigenvalue weighted by Gasteiger charge is 2.19. The fraction of sp³-hybridized carbons (Fsp3) is 0.409. The van der Waals surface area contributed by atoms with E-state index in [4.69, 9.17) is 4.74 Å².